The molecule has 10 nitrogen and oxygen atoms in total. The third kappa shape index (κ3) is 6.17. The van der Waals surface area contributed by atoms with Crippen LogP contribution in [0.25, 0.3) is 16.9 Å². The Morgan fingerprint density at radius 2 is 2.02 bits per heavy atom. The number of amides is 2. The van der Waals surface area contributed by atoms with Gasteiger partial charge in [0.05, 0.1) is 34.9 Å². The Bertz CT molecular complexity index is 1710. The highest BCUT2D eigenvalue weighted by Gasteiger charge is 2.35. The molecule has 41 heavy (non-hydrogen) atoms. The van der Waals surface area contributed by atoms with Crippen LogP contribution in [-0.2, 0) is 7.05 Å². The van der Waals surface area contributed by atoms with E-state index in [4.69, 9.17) is 4.74 Å². The Labute approximate surface area is 236 Å². The number of hydrogen-bond acceptors (Lipinski definition) is 6. The Hall–Kier alpha value is -5.24. The topological polar surface area (TPSA) is 123 Å². The zero-order chi connectivity index (χ0) is 29.1. The van der Waals surface area contributed by atoms with Crippen LogP contribution in [-0.4, -0.2) is 36.2 Å². The van der Waals surface area contributed by atoms with Gasteiger partial charge in [0.1, 0.15) is 17.3 Å². The minimum atomic E-state index is -1.88. The lowest BCUT2D eigenvalue weighted by molar-refractivity contribution is 0.163. The maximum absolute atomic E-state index is 15.7. The molecule has 0 radical (unpaired) electrons. The summed E-state index contributed by atoms with van der Waals surface area (Å²) in [5.41, 5.74) is 1.85. The number of anilines is 1. The molecule has 2 N–H and O–H groups in total. The van der Waals surface area contributed by atoms with E-state index in [-0.39, 0.29) is 18.1 Å². The molecule has 0 bridgehead atoms. The van der Waals surface area contributed by atoms with Crippen molar-refractivity contribution in [3.05, 3.63) is 95.9 Å². The summed E-state index contributed by atoms with van der Waals surface area (Å²) in [5.74, 6) is 1.08. The predicted octanol–water partition coefficient (Wildman–Crippen LogP) is 5.76. The summed E-state index contributed by atoms with van der Waals surface area (Å²) in [6.07, 6.45) is 8.14. The standard InChI is InChI=1S/C30H29FN8O2/c1-19(2)25-14-28(39(37-25)23-7-5-6-20(12-23)16-32)36-29(40)35-22-8-9-27(30(3,31)15-22)41-24-10-11-33-26(13-24)21-17-34-38(4)18-21/h5-14,17-19H,15H2,1-4H3,(H2,35,36,40). The van der Waals surface area contributed by atoms with Crippen LogP contribution >= 0.6 is 0 Å². The second-order valence-electron chi connectivity index (χ2n) is 10.2. The summed E-state index contributed by atoms with van der Waals surface area (Å²) in [6, 6.07) is 13.6. The van der Waals surface area contributed by atoms with Gasteiger partial charge in [0, 0.05) is 49.3 Å². The van der Waals surface area contributed by atoms with Gasteiger partial charge in [-0.05, 0) is 49.3 Å². The van der Waals surface area contributed by atoms with Crippen LogP contribution in [0.15, 0.2) is 84.7 Å². The number of nitrogens with one attached hydrogen (secondary N) is 2. The number of alkyl halides is 1. The van der Waals surface area contributed by atoms with Crippen LogP contribution in [0.1, 0.15) is 44.4 Å². The van der Waals surface area contributed by atoms with Gasteiger partial charge in [-0.1, -0.05) is 19.9 Å². The number of benzene rings is 1. The molecule has 1 unspecified atom stereocenters. The van der Waals surface area contributed by atoms with Crippen molar-refractivity contribution in [2.75, 3.05) is 5.32 Å². The highest BCUT2D eigenvalue weighted by molar-refractivity contribution is 5.90. The first-order chi connectivity index (χ1) is 19.6. The van der Waals surface area contributed by atoms with Gasteiger partial charge >= 0.3 is 6.03 Å². The first-order valence-electron chi connectivity index (χ1n) is 13.0. The minimum Gasteiger partial charge on any atom is -0.458 e. The SMILES string of the molecule is CC(C)c1cc(NC(=O)NC2=CC=C(Oc3ccnc(-c4cnn(C)c4)c3)C(C)(F)C2)n(-c2cccc(C#N)c2)n1. The van der Waals surface area contributed by atoms with Gasteiger partial charge in [0.15, 0.2) is 5.67 Å². The highest BCUT2D eigenvalue weighted by atomic mass is 19.1. The van der Waals surface area contributed by atoms with Gasteiger partial charge in [0.25, 0.3) is 0 Å². The minimum absolute atomic E-state index is 0.104. The average Bonchev–Trinajstić information content (AvgIpc) is 3.57. The number of urea groups is 1. The Morgan fingerprint density at radius 1 is 1.20 bits per heavy atom. The third-order valence-corrected chi connectivity index (χ3v) is 6.49. The van der Waals surface area contributed by atoms with Gasteiger partial charge in [-0.2, -0.15) is 15.5 Å². The lowest BCUT2D eigenvalue weighted by Gasteiger charge is -2.28. The fourth-order valence-electron chi connectivity index (χ4n) is 4.36. The molecule has 0 spiro atoms. The molecule has 3 aromatic heterocycles. The van der Waals surface area contributed by atoms with E-state index in [1.165, 1.54) is 13.0 Å². The molecule has 208 valence electrons. The summed E-state index contributed by atoms with van der Waals surface area (Å²) in [4.78, 5) is 17.3. The number of rotatable bonds is 7. The summed E-state index contributed by atoms with van der Waals surface area (Å²) in [6.45, 7) is 5.39. The lowest BCUT2D eigenvalue weighted by Crippen LogP contribution is -2.35. The van der Waals surface area contributed by atoms with Crippen molar-refractivity contribution in [2.24, 2.45) is 7.05 Å². The molecule has 2 amide bonds. The van der Waals surface area contributed by atoms with Crippen LogP contribution in [0.4, 0.5) is 15.0 Å². The van der Waals surface area contributed by atoms with E-state index in [1.807, 2.05) is 27.1 Å². The van der Waals surface area contributed by atoms with Gasteiger partial charge in [-0.3, -0.25) is 15.0 Å². The third-order valence-electron chi connectivity index (χ3n) is 6.49. The molecule has 1 aromatic carbocycles. The number of aromatic nitrogens is 5. The number of carbonyl (C=O) groups is 1. The van der Waals surface area contributed by atoms with Crippen molar-refractivity contribution >= 4 is 11.8 Å². The fraction of sp³-hybridized carbons (Fsp3) is 0.233. The summed E-state index contributed by atoms with van der Waals surface area (Å²) in [5, 5.41) is 23.6. The molecule has 3 heterocycles. The van der Waals surface area contributed by atoms with Crippen molar-refractivity contribution < 1.29 is 13.9 Å². The van der Waals surface area contributed by atoms with Crippen LogP contribution in [0.2, 0.25) is 0 Å². The van der Waals surface area contributed by atoms with Crippen molar-refractivity contribution in [3.8, 4) is 28.8 Å². The van der Waals surface area contributed by atoms with Gasteiger partial charge in [0.2, 0.25) is 0 Å². The van der Waals surface area contributed by atoms with Crippen molar-refractivity contribution in [1.29, 1.82) is 5.26 Å². The Morgan fingerprint density at radius 3 is 2.73 bits per heavy atom. The van der Waals surface area contributed by atoms with E-state index in [2.05, 4.69) is 31.9 Å². The zero-order valence-electron chi connectivity index (χ0n) is 23.1. The average molecular weight is 553 g/mol. The predicted molar refractivity (Wildman–Crippen MR) is 152 cm³/mol. The van der Waals surface area contributed by atoms with E-state index in [9.17, 15) is 10.1 Å². The van der Waals surface area contributed by atoms with Crippen molar-refractivity contribution in [2.45, 2.75) is 38.8 Å². The molecular formula is C30H29FN8O2. The zero-order valence-corrected chi connectivity index (χ0v) is 23.1. The molecule has 0 saturated heterocycles. The largest absolute Gasteiger partial charge is 0.458 e. The normalized spacial score (nSPS) is 16.5. The molecular weight excluding hydrogens is 523 g/mol. The molecule has 0 fully saturated rings. The van der Waals surface area contributed by atoms with Crippen LogP contribution in [0.5, 0.6) is 5.75 Å². The number of carbonyl (C=O) groups excluding carboxylic acids is 1. The number of halogens is 1. The van der Waals surface area contributed by atoms with E-state index in [0.717, 1.165) is 11.3 Å². The molecule has 1 aliphatic carbocycles. The maximum atomic E-state index is 15.7. The number of aryl methyl sites for hydroxylation is 1. The fourth-order valence-corrected chi connectivity index (χ4v) is 4.36. The van der Waals surface area contributed by atoms with Gasteiger partial charge in [-0.25, -0.2) is 13.9 Å². The molecule has 1 atom stereocenters. The first kappa shape index (κ1) is 27.3. The molecule has 0 aliphatic heterocycles. The number of allylic oxidation sites excluding steroid dienone is 4. The number of nitrogens with zero attached hydrogens (tertiary/aromatic N) is 6. The van der Waals surface area contributed by atoms with Gasteiger partial charge < -0.3 is 10.1 Å². The molecule has 1 aliphatic rings. The quantitative estimate of drug-likeness (QED) is 0.300. The van der Waals surface area contributed by atoms with Gasteiger partial charge in [-0.15, -0.1) is 0 Å². The van der Waals surface area contributed by atoms with Crippen molar-refractivity contribution in [1.82, 2.24) is 29.9 Å². The summed E-state index contributed by atoms with van der Waals surface area (Å²) in [7, 11) is 1.81. The molecule has 5 rings (SSSR count). The molecule has 11 heteroatoms. The van der Waals surface area contributed by atoms with Crippen molar-refractivity contribution in [3.63, 3.8) is 0 Å². The highest BCUT2D eigenvalue weighted by Crippen LogP contribution is 2.34. The monoisotopic (exact) mass is 552 g/mol. The Kier molecular flexibility index (Phi) is 7.40. The molecule has 0 saturated carbocycles. The van der Waals surface area contributed by atoms with E-state index < -0.39 is 11.7 Å². The van der Waals surface area contributed by atoms with Crippen LogP contribution in [0, 0.1) is 11.3 Å². The van der Waals surface area contributed by atoms with E-state index in [1.54, 1.807) is 70.3 Å². The number of pyridine rings is 1. The summed E-state index contributed by atoms with van der Waals surface area (Å²) >= 11 is 0. The van der Waals surface area contributed by atoms with Crippen LogP contribution in [0.3, 0.4) is 0 Å². The first-order valence-corrected chi connectivity index (χ1v) is 13.0. The second kappa shape index (κ2) is 11.1. The number of hydrogen-bond donors (Lipinski definition) is 2. The smallest absolute Gasteiger partial charge is 0.324 e. The number of nitriles is 1. The lowest BCUT2D eigenvalue weighted by atomic mass is 9.94. The maximum Gasteiger partial charge on any atom is 0.324 e. The second-order valence-corrected chi connectivity index (χ2v) is 10.2. The van der Waals surface area contributed by atoms with Crippen LogP contribution < -0.4 is 15.4 Å². The van der Waals surface area contributed by atoms with E-state index >= 15 is 4.39 Å². The summed E-state index contributed by atoms with van der Waals surface area (Å²) < 4.78 is 24.9. The van der Waals surface area contributed by atoms with E-state index in [0.29, 0.717) is 34.2 Å². The molecule has 4 aromatic rings. The number of ether oxygens (including phenoxy) is 1. The Balaban J connectivity index is 1.31.